The number of nitrogens with zero attached hydrogens (tertiary/aromatic N) is 1. The number of hydrogen-bond acceptors (Lipinski definition) is 1. The first-order valence-electron chi connectivity index (χ1n) is 14.6. The topological polar surface area (TPSA) is 23.8 Å². The molecule has 0 amide bonds. The van der Waals surface area contributed by atoms with E-state index in [1.165, 1.54) is 103 Å². The van der Waals surface area contributed by atoms with Gasteiger partial charge in [-0.15, -0.1) is 0 Å². The standard InChI is InChI=1S/C30H51N/c1-3-5-7-8-9-11-23-12-10-13-27-25(23)16-17-28-26-18-20-30(22-31,19-6-4-2)21-24(26)14-15-29(27)28/h23-29H,3-21H2,1-2H3/t23-,24?,25?,26?,27?,28?,29?,30-/m0/s1. The summed E-state index contributed by atoms with van der Waals surface area (Å²) in [5.74, 6) is 7.11. The van der Waals surface area contributed by atoms with Gasteiger partial charge in [0, 0.05) is 0 Å². The van der Waals surface area contributed by atoms with E-state index in [-0.39, 0.29) is 5.41 Å². The van der Waals surface area contributed by atoms with Gasteiger partial charge in [0.05, 0.1) is 11.5 Å². The van der Waals surface area contributed by atoms with Crippen LogP contribution in [-0.2, 0) is 0 Å². The zero-order valence-corrected chi connectivity index (χ0v) is 20.9. The van der Waals surface area contributed by atoms with E-state index in [1.807, 2.05) is 0 Å². The molecule has 8 atom stereocenters. The third-order valence-electron chi connectivity index (χ3n) is 10.8. The van der Waals surface area contributed by atoms with Gasteiger partial charge in [-0.25, -0.2) is 0 Å². The van der Waals surface area contributed by atoms with Crippen LogP contribution in [0.3, 0.4) is 0 Å². The van der Waals surface area contributed by atoms with E-state index in [4.69, 9.17) is 0 Å². The van der Waals surface area contributed by atoms with Crippen LogP contribution in [0.4, 0.5) is 0 Å². The molecule has 4 aliphatic rings. The van der Waals surface area contributed by atoms with Crippen molar-refractivity contribution in [1.29, 1.82) is 5.26 Å². The number of hydrogen-bond donors (Lipinski definition) is 0. The Hall–Kier alpha value is -0.510. The van der Waals surface area contributed by atoms with Crippen molar-refractivity contribution in [1.82, 2.24) is 0 Å². The Morgan fingerprint density at radius 3 is 2.23 bits per heavy atom. The Bertz CT molecular complexity index is 590. The molecule has 4 saturated carbocycles. The SMILES string of the molecule is CCCCCCC[C@H]1CCCC2C3CCC4C[C@](C#N)(CCCC)CCC4C3CCC21. The summed E-state index contributed by atoms with van der Waals surface area (Å²) in [7, 11) is 0. The molecule has 0 aromatic heterocycles. The number of fused-ring (bicyclic) bond motifs is 5. The van der Waals surface area contributed by atoms with Crippen molar-refractivity contribution in [2.75, 3.05) is 0 Å². The first-order valence-corrected chi connectivity index (χ1v) is 14.6. The van der Waals surface area contributed by atoms with Gasteiger partial charge in [-0.05, 0) is 99.2 Å². The third-order valence-corrected chi connectivity index (χ3v) is 10.8. The molecule has 0 heterocycles. The largest absolute Gasteiger partial charge is 0.198 e. The first-order chi connectivity index (χ1) is 15.2. The van der Waals surface area contributed by atoms with Crippen molar-refractivity contribution in [2.45, 2.75) is 136 Å². The van der Waals surface area contributed by atoms with E-state index in [0.29, 0.717) is 0 Å². The van der Waals surface area contributed by atoms with Crippen molar-refractivity contribution in [3.05, 3.63) is 0 Å². The molecule has 0 saturated heterocycles. The summed E-state index contributed by atoms with van der Waals surface area (Å²) < 4.78 is 0. The van der Waals surface area contributed by atoms with Crippen LogP contribution in [0.1, 0.15) is 136 Å². The zero-order valence-electron chi connectivity index (χ0n) is 20.9. The molecule has 176 valence electrons. The Morgan fingerprint density at radius 1 is 0.710 bits per heavy atom. The second-order valence-corrected chi connectivity index (χ2v) is 12.4. The van der Waals surface area contributed by atoms with Gasteiger partial charge in [0.25, 0.3) is 0 Å². The molecule has 4 aliphatic carbocycles. The van der Waals surface area contributed by atoms with Crippen LogP contribution in [-0.4, -0.2) is 0 Å². The van der Waals surface area contributed by atoms with E-state index in [9.17, 15) is 5.26 Å². The summed E-state index contributed by atoms with van der Waals surface area (Å²) in [4.78, 5) is 0. The summed E-state index contributed by atoms with van der Waals surface area (Å²) >= 11 is 0. The fourth-order valence-electron chi connectivity index (χ4n) is 9.24. The third kappa shape index (κ3) is 5.20. The summed E-state index contributed by atoms with van der Waals surface area (Å²) in [6, 6.07) is 2.84. The molecule has 0 bridgehead atoms. The Morgan fingerprint density at radius 2 is 1.42 bits per heavy atom. The predicted octanol–water partition coefficient (Wildman–Crippen LogP) is 9.32. The maximum absolute atomic E-state index is 10.0. The first kappa shape index (κ1) is 23.6. The van der Waals surface area contributed by atoms with Gasteiger partial charge >= 0.3 is 0 Å². The molecule has 0 aliphatic heterocycles. The summed E-state index contributed by atoms with van der Waals surface area (Å²) in [5, 5.41) is 10.0. The molecule has 0 spiro atoms. The lowest BCUT2D eigenvalue weighted by Gasteiger charge is -2.57. The maximum Gasteiger partial charge on any atom is 0.0689 e. The van der Waals surface area contributed by atoms with Crippen molar-refractivity contribution in [3.8, 4) is 6.07 Å². The van der Waals surface area contributed by atoms with Crippen LogP contribution < -0.4 is 0 Å². The average molecular weight is 426 g/mol. The molecule has 1 nitrogen and oxygen atoms in total. The summed E-state index contributed by atoms with van der Waals surface area (Å²) in [6.07, 6.45) is 26.9. The number of nitriles is 1. The highest BCUT2D eigenvalue weighted by atomic mass is 14.6. The second-order valence-electron chi connectivity index (χ2n) is 12.4. The van der Waals surface area contributed by atoms with Gasteiger partial charge < -0.3 is 0 Å². The minimum absolute atomic E-state index is 0.0366. The number of unbranched alkanes of at least 4 members (excludes halogenated alkanes) is 5. The Labute approximate surface area is 194 Å². The second kappa shape index (κ2) is 11.1. The molecule has 1 heteroatoms. The van der Waals surface area contributed by atoms with E-state index >= 15 is 0 Å². The minimum atomic E-state index is 0.0366. The molecular formula is C30H51N. The molecule has 0 aromatic carbocycles. The molecule has 0 aromatic rings. The highest BCUT2D eigenvalue weighted by molar-refractivity contribution is 5.07. The maximum atomic E-state index is 10.0. The van der Waals surface area contributed by atoms with Crippen LogP contribution in [0.15, 0.2) is 0 Å². The van der Waals surface area contributed by atoms with E-state index < -0.39 is 0 Å². The monoisotopic (exact) mass is 425 g/mol. The van der Waals surface area contributed by atoms with E-state index in [1.54, 1.807) is 19.3 Å². The fraction of sp³-hybridized carbons (Fsp3) is 0.967. The lowest BCUT2D eigenvalue weighted by atomic mass is 9.48. The highest BCUT2D eigenvalue weighted by Gasteiger charge is 2.52. The molecule has 0 N–H and O–H groups in total. The molecular weight excluding hydrogens is 374 g/mol. The van der Waals surface area contributed by atoms with Crippen LogP contribution in [0, 0.1) is 58.2 Å². The van der Waals surface area contributed by atoms with Gasteiger partial charge in [-0.3, -0.25) is 0 Å². The average Bonchev–Trinajstić information content (AvgIpc) is 2.82. The normalized spacial score (nSPS) is 42.2. The molecule has 6 unspecified atom stereocenters. The van der Waals surface area contributed by atoms with Crippen molar-refractivity contribution < 1.29 is 0 Å². The lowest BCUT2D eigenvalue weighted by Crippen LogP contribution is -2.49. The van der Waals surface area contributed by atoms with Crippen LogP contribution in [0.5, 0.6) is 0 Å². The van der Waals surface area contributed by atoms with Crippen molar-refractivity contribution in [2.24, 2.45) is 46.8 Å². The van der Waals surface area contributed by atoms with Gasteiger partial charge in [-0.2, -0.15) is 5.26 Å². The van der Waals surface area contributed by atoms with Crippen molar-refractivity contribution >= 4 is 0 Å². The van der Waals surface area contributed by atoms with Crippen LogP contribution in [0.2, 0.25) is 0 Å². The predicted molar refractivity (Wildman–Crippen MR) is 132 cm³/mol. The van der Waals surface area contributed by atoms with Gasteiger partial charge in [0.2, 0.25) is 0 Å². The Balaban J connectivity index is 1.35. The van der Waals surface area contributed by atoms with Gasteiger partial charge in [0.1, 0.15) is 0 Å². The molecule has 4 fully saturated rings. The minimum Gasteiger partial charge on any atom is -0.198 e. The van der Waals surface area contributed by atoms with Gasteiger partial charge in [-0.1, -0.05) is 78.1 Å². The van der Waals surface area contributed by atoms with Crippen molar-refractivity contribution in [3.63, 3.8) is 0 Å². The van der Waals surface area contributed by atoms with Crippen LogP contribution in [0.25, 0.3) is 0 Å². The fourth-order valence-corrected chi connectivity index (χ4v) is 9.24. The lowest BCUT2D eigenvalue weighted by molar-refractivity contribution is -0.0718. The Kier molecular flexibility index (Phi) is 8.45. The quantitative estimate of drug-likeness (QED) is 0.337. The molecule has 4 rings (SSSR count). The smallest absolute Gasteiger partial charge is 0.0689 e. The number of rotatable bonds is 9. The highest BCUT2D eigenvalue weighted by Crippen LogP contribution is 2.60. The van der Waals surface area contributed by atoms with E-state index in [0.717, 1.165) is 41.4 Å². The molecule has 0 radical (unpaired) electrons. The summed E-state index contributed by atoms with van der Waals surface area (Å²) in [6.45, 7) is 4.61. The van der Waals surface area contributed by atoms with E-state index in [2.05, 4.69) is 19.9 Å². The van der Waals surface area contributed by atoms with Gasteiger partial charge in [0.15, 0.2) is 0 Å². The van der Waals surface area contributed by atoms with Crippen LogP contribution >= 0.6 is 0 Å². The summed E-state index contributed by atoms with van der Waals surface area (Å²) in [5.41, 5.74) is 0.0366. The molecule has 31 heavy (non-hydrogen) atoms. The zero-order chi connectivity index (χ0) is 21.7.